The molecule has 112 valence electrons. The lowest BCUT2D eigenvalue weighted by Crippen LogP contribution is -2.29. The van der Waals surface area contributed by atoms with Gasteiger partial charge in [-0.25, -0.2) is 0 Å². The second-order valence-electron chi connectivity index (χ2n) is 4.54. The van der Waals surface area contributed by atoms with Gasteiger partial charge in [0, 0.05) is 19.5 Å². The lowest BCUT2D eigenvalue weighted by Gasteiger charge is -2.09. The zero-order valence-corrected chi connectivity index (χ0v) is 12.5. The molecule has 0 saturated heterocycles. The molecular formula is C14H22N2O3S. The van der Waals surface area contributed by atoms with Crippen LogP contribution in [0.15, 0.2) is 17.5 Å². The maximum Gasteiger partial charge on any atom is 0.261 e. The number of thiophene rings is 1. The lowest BCUT2D eigenvalue weighted by atomic mass is 10.2. The standard InChI is InChI=1S/C14H22N2O3S/c1-2-11(17)7-9-15-13(18)6-3-8-16-14(19)12-5-4-10-20-12/h4-5,10-11,17H,2-3,6-9H2,1H3,(H,15,18)(H,16,19). The van der Waals surface area contributed by atoms with Crippen LogP contribution in [0.2, 0.25) is 0 Å². The number of aliphatic hydroxyl groups excluding tert-OH is 1. The number of carbonyl (C=O) groups excluding carboxylic acids is 2. The number of amides is 2. The van der Waals surface area contributed by atoms with Crippen molar-refractivity contribution < 1.29 is 14.7 Å². The number of carbonyl (C=O) groups is 2. The Bertz CT molecular complexity index is 407. The summed E-state index contributed by atoms with van der Waals surface area (Å²) in [6.45, 7) is 2.89. The largest absolute Gasteiger partial charge is 0.393 e. The van der Waals surface area contributed by atoms with Crippen molar-refractivity contribution in [1.29, 1.82) is 0 Å². The van der Waals surface area contributed by atoms with Gasteiger partial charge in [-0.1, -0.05) is 13.0 Å². The van der Waals surface area contributed by atoms with E-state index in [1.807, 2.05) is 18.4 Å². The quantitative estimate of drug-likeness (QED) is 0.605. The zero-order valence-electron chi connectivity index (χ0n) is 11.7. The van der Waals surface area contributed by atoms with E-state index >= 15 is 0 Å². The highest BCUT2D eigenvalue weighted by molar-refractivity contribution is 7.12. The molecule has 1 aromatic heterocycles. The molecule has 0 aromatic carbocycles. The molecule has 2 amide bonds. The fourth-order valence-electron chi connectivity index (χ4n) is 1.62. The highest BCUT2D eigenvalue weighted by Crippen LogP contribution is 2.07. The maximum absolute atomic E-state index is 11.6. The average Bonchev–Trinajstić information content (AvgIpc) is 2.97. The van der Waals surface area contributed by atoms with E-state index < -0.39 is 0 Å². The van der Waals surface area contributed by atoms with E-state index in [0.717, 1.165) is 0 Å². The van der Waals surface area contributed by atoms with Crippen molar-refractivity contribution in [3.8, 4) is 0 Å². The predicted molar refractivity (Wildman–Crippen MR) is 79.8 cm³/mol. The topological polar surface area (TPSA) is 78.4 Å². The molecule has 6 heteroatoms. The SMILES string of the molecule is CCC(O)CCNC(=O)CCCNC(=O)c1cccs1. The molecule has 5 nitrogen and oxygen atoms in total. The highest BCUT2D eigenvalue weighted by Gasteiger charge is 2.06. The monoisotopic (exact) mass is 298 g/mol. The van der Waals surface area contributed by atoms with Crippen molar-refractivity contribution in [2.24, 2.45) is 0 Å². The summed E-state index contributed by atoms with van der Waals surface area (Å²) in [6, 6.07) is 3.60. The first-order chi connectivity index (χ1) is 9.63. The van der Waals surface area contributed by atoms with E-state index in [-0.39, 0.29) is 17.9 Å². The van der Waals surface area contributed by atoms with E-state index in [1.54, 1.807) is 6.07 Å². The number of hydrogen-bond donors (Lipinski definition) is 3. The minimum absolute atomic E-state index is 0.0429. The molecule has 0 aliphatic heterocycles. The highest BCUT2D eigenvalue weighted by atomic mass is 32.1. The molecule has 1 unspecified atom stereocenters. The molecule has 0 bridgehead atoms. The molecule has 0 fully saturated rings. The van der Waals surface area contributed by atoms with Crippen molar-refractivity contribution in [3.05, 3.63) is 22.4 Å². The van der Waals surface area contributed by atoms with E-state index in [2.05, 4.69) is 10.6 Å². The van der Waals surface area contributed by atoms with Gasteiger partial charge in [0.25, 0.3) is 5.91 Å². The second-order valence-corrected chi connectivity index (χ2v) is 5.49. The summed E-state index contributed by atoms with van der Waals surface area (Å²) in [4.78, 5) is 23.8. The number of nitrogens with one attached hydrogen (secondary N) is 2. The van der Waals surface area contributed by atoms with E-state index in [0.29, 0.717) is 43.6 Å². The van der Waals surface area contributed by atoms with Gasteiger partial charge in [0.2, 0.25) is 5.91 Å². The van der Waals surface area contributed by atoms with Crippen LogP contribution in [0, 0.1) is 0 Å². The third-order valence-electron chi connectivity index (χ3n) is 2.88. The summed E-state index contributed by atoms with van der Waals surface area (Å²) in [7, 11) is 0. The Morgan fingerprint density at radius 1 is 1.35 bits per heavy atom. The van der Waals surface area contributed by atoms with Crippen molar-refractivity contribution in [2.45, 2.75) is 38.7 Å². The predicted octanol–water partition coefficient (Wildman–Crippen LogP) is 1.54. The van der Waals surface area contributed by atoms with Gasteiger partial charge in [-0.3, -0.25) is 9.59 Å². The van der Waals surface area contributed by atoms with Gasteiger partial charge in [0.05, 0.1) is 11.0 Å². The molecule has 20 heavy (non-hydrogen) atoms. The summed E-state index contributed by atoms with van der Waals surface area (Å²) in [6.07, 6.45) is 1.93. The molecule has 1 atom stereocenters. The number of aliphatic hydroxyl groups is 1. The molecule has 0 spiro atoms. The van der Waals surface area contributed by atoms with Crippen LogP contribution in [0.25, 0.3) is 0 Å². The summed E-state index contributed by atoms with van der Waals surface area (Å²) in [5.74, 6) is -0.134. The van der Waals surface area contributed by atoms with Gasteiger partial charge in [0.1, 0.15) is 0 Å². The normalized spacial score (nSPS) is 11.9. The fraction of sp³-hybridized carbons (Fsp3) is 0.571. The first-order valence-corrected chi connectivity index (χ1v) is 7.78. The van der Waals surface area contributed by atoms with Crippen LogP contribution in [0.3, 0.4) is 0 Å². The first kappa shape index (κ1) is 16.7. The molecule has 3 N–H and O–H groups in total. The van der Waals surface area contributed by atoms with Gasteiger partial charge in [-0.2, -0.15) is 0 Å². The summed E-state index contributed by atoms with van der Waals surface area (Å²) >= 11 is 1.40. The molecule has 0 radical (unpaired) electrons. The Morgan fingerprint density at radius 3 is 2.80 bits per heavy atom. The summed E-state index contributed by atoms with van der Waals surface area (Å²) in [5, 5.41) is 16.7. The van der Waals surface area contributed by atoms with Crippen molar-refractivity contribution >= 4 is 23.2 Å². The Kier molecular flexibility index (Phi) is 7.91. The Balaban J connectivity index is 2.03. The van der Waals surface area contributed by atoms with Gasteiger partial charge in [-0.05, 0) is 30.7 Å². The summed E-state index contributed by atoms with van der Waals surface area (Å²) in [5.41, 5.74) is 0. The van der Waals surface area contributed by atoms with Crippen LogP contribution >= 0.6 is 11.3 Å². The fourth-order valence-corrected chi connectivity index (χ4v) is 2.26. The van der Waals surface area contributed by atoms with Gasteiger partial charge in [-0.15, -0.1) is 11.3 Å². The van der Waals surface area contributed by atoms with E-state index in [4.69, 9.17) is 0 Å². The molecule has 0 saturated carbocycles. The molecular weight excluding hydrogens is 276 g/mol. The molecule has 0 aliphatic carbocycles. The van der Waals surface area contributed by atoms with E-state index in [1.165, 1.54) is 11.3 Å². The van der Waals surface area contributed by atoms with Gasteiger partial charge in [0.15, 0.2) is 0 Å². The number of rotatable bonds is 9. The van der Waals surface area contributed by atoms with Crippen LogP contribution < -0.4 is 10.6 Å². The maximum atomic E-state index is 11.6. The van der Waals surface area contributed by atoms with Crippen molar-refractivity contribution in [2.75, 3.05) is 13.1 Å². The molecule has 0 aliphatic rings. The van der Waals surface area contributed by atoms with Crippen LogP contribution in [-0.4, -0.2) is 36.1 Å². The van der Waals surface area contributed by atoms with Gasteiger partial charge < -0.3 is 15.7 Å². The minimum Gasteiger partial charge on any atom is -0.393 e. The third-order valence-corrected chi connectivity index (χ3v) is 3.75. The second kappa shape index (κ2) is 9.50. The molecule has 1 rings (SSSR count). The van der Waals surface area contributed by atoms with Crippen LogP contribution in [0.4, 0.5) is 0 Å². The minimum atomic E-state index is -0.347. The summed E-state index contributed by atoms with van der Waals surface area (Å²) < 4.78 is 0. The lowest BCUT2D eigenvalue weighted by molar-refractivity contribution is -0.121. The van der Waals surface area contributed by atoms with Crippen LogP contribution in [-0.2, 0) is 4.79 Å². The number of hydrogen-bond acceptors (Lipinski definition) is 4. The zero-order chi connectivity index (χ0) is 14.8. The Morgan fingerprint density at radius 2 is 2.15 bits per heavy atom. The first-order valence-electron chi connectivity index (χ1n) is 6.90. The van der Waals surface area contributed by atoms with E-state index in [9.17, 15) is 14.7 Å². The third kappa shape index (κ3) is 6.68. The van der Waals surface area contributed by atoms with Crippen LogP contribution in [0.5, 0.6) is 0 Å². The smallest absolute Gasteiger partial charge is 0.261 e. The van der Waals surface area contributed by atoms with Crippen LogP contribution in [0.1, 0.15) is 42.3 Å². The van der Waals surface area contributed by atoms with Crippen molar-refractivity contribution in [1.82, 2.24) is 10.6 Å². The molecule has 1 aromatic rings. The van der Waals surface area contributed by atoms with Crippen molar-refractivity contribution in [3.63, 3.8) is 0 Å². The average molecular weight is 298 g/mol. The molecule has 1 heterocycles. The Labute approximate surface area is 123 Å². The van der Waals surface area contributed by atoms with Gasteiger partial charge >= 0.3 is 0 Å². The Hall–Kier alpha value is -1.40.